The summed E-state index contributed by atoms with van der Waals surface area (Å²) in [6.07, 6.45) is 0. The molecule has 35 heavy (non-hydrogen) atoms. The number of aryl methyl sites for hydroxylation is 1. The average Bonchev–Trinajstić information content (AvgIpc) is 3.29. The maximum Gasteiger partial charge on any atom is 0.124 e. The van der Waals surface area contributed by atoms with Crippen molar-refractivity contribution in [3.8, 4) is 10.6 Å². The van der Waals surface area contributed by atoms with Gasteiger partial charge in [-0.15, -0.1) is 11.3 Å². The fourth-order valence-corrected chi connectivity index (χ4v) is 4.27. The smallest absolute Gasteiger partial charge is 0.124 e. The molecule has 2 N–H and O–H groups in total. The van der Waals surface area contributed by atoms with E-state index in [0.717, 1.165) is 28.3 Å². The normalized spacial score (nSPS) is 11.4. The minimum absolute atomic E-state index is 0.0340. The van der Waals surface area contributed by atoms with Crippen LogP contribution in [0, 0.1) is 6.92 Å². The zero-order chi connectivity index (χ0) is 24.6. The molecule has 0 saturated heterocycles. The van der Waals surface area contributed by atoms with Gasteiger partial charge in [-0.25, -0.2) is 4.98 Å². The van der Waals surface area contributed by atoms with Crippen LogP contribution < -0.4 is 5.32 Å². The predicted molar refractivity (Wildman–Crippen MR) is 139 cm³/mol. The van der Waals surface area contributed by atoms with Crippen molar-refractivity contribution in [3.63, 3.8) is 0 Å². The van der Waals surface area contributed by atoms with Crippen LogP contribution in [0.15, 0.2) is 42.5 Å². The lowest BCUT2D eigenvalue weighted by atomic mass is 10.2. The molecule has 0 fully saturated rings. The van der Waals surface area contributed by atoms with Gasteiger partial charge < -0.3 is 34.1 Å². The summed E-state index contributed by atoms with van der Waals surface area (Å²) >= 11 is 1.72. The Kier molecular flexibility index (Phi) is 13.0. The van der Waals surface area contributed by atoms with Gasteiger partial charge in [-0.2, -0.15) is 0 Å². The molecule has 0 amide bonds. The van der Waals surface area contributed by atoms with E-state index in [4.69, 9.17) is 33.8 Å². The summed E-state index contributed by atoms with van der Waals surface area (Å²) in [6.45, 7) is 7.99. The number of thiazole rings is 1. The average molecular weight is 505 g/mol. The standard InChI is InChI=1S/C26H36N2O6S/c1-21-2-7-24-25(20-21)35-26(28-24)22-3-5-23(6-4-22)27-8-10-30-12-14-32-16-18-34-19-17-33-15-13-31-11-9-29/h2-7,20,27,29H,8-19H2,1H3. The number of ether oxygens (including phenoxy) is 5. The molecule has 1 heterocycles. The fourth-order valence-electron chi connectivity index (χ4n) is 3.20. The van der Waals surface area contributed by atoms with Crippen LogP contribution >= 0.6 is 11.3 Å². The third kappa shape index (κ3) is 10.6. The number of benzene rings is 2. The Morgan fingerprint density at radius 1 is 0.743 bits per heavy atom. The van der Waals surface area contributed by atoms with Crippen molar-refractivity contribution < 1.29 is 28.8 Å². The Hall–Kier alpha value is -2.11. The third-order valence-corrected chi connectivity index (χ3v) is 6.04. The highest BCUT2D eigenvalue weighted by atomic mass is 32.1. The van der Waals surface area contributed by atoms with Crippen LogP contribution in [-0.4, -0.2) is 89.3 Å². The zero-order valence-corrected chi connectivity index (χ0v) is 21.2. The SMILES string of the molecule is Cc1ccc2nc(-c3ccc(NCCOCCOCCOCCOCCOCCO)cc3)sc2c1. The molecule has 8 nitrogen and oxygen atoms in total. The summed E-state index contributed by atoms with van der Waals surface area (Å²) in [4.78, 5) is 4.75. The van der Waals surface area contributed by atoms with Crippen molar-refractivity contribution in [1.82, 2.24) is 4.98 Å². The Morgan fingerprint density at radius 2 is 1.31 bits per heavy atom. The van der Waals surface area contributed by atoms with Crippen molar-refractivity contribution >= 4 is 27.2 Å². The summed E-state index contributed by atoms with van der Waals surface area (Å²) < 4.78 is 28.2. The molecule has 3 rings (SSSR count). The first kappa shape index (κ1) is 27.5. The van der Waals surface area contributed by atoms with Crippen LogP contribution in [0.1, 0.15) is 5.56 Å². The monoisotopic (exact) mass is 504 g/mol. The fraction of sp³-hybridized carbons (Fsp3) is 0.500. The molecule has 192 valence electrons. The largest absolute Gasteiger partial charge is 0.394 e. The van der Waals surface area contributed by atoms with Crippen LogP contribution in [0.25, 0.3) is 20.8 Å². The van der Waals surface area contributed by atoms with E-state index in [1.165, 1.54) is 10.3 Å². The predicted octanol–water partition coefficient (Wildman–Crippen LogP) is 3.76. The molecule has 0 saturated carbocycles. The second kappa shape index (κ2) is 16.5. The molecule has 0 aliphatic rings. The minimum atomic E-state index is 0.0340. The number of aromatic nitrogens is 1. The number of fused-ring (bicyclic) bond motifs is 1. The van der Waals surface area contributed by atoms with E-state index in [-0.39, 0.29) is 6.61 Å². The zero-order valence-electron chi connectivity index (χ0n) is 20.4. The van der Waals surface area contributed by atoms with Crippen LogP contribution in [0.4, 0.5) is 5.69 Å². The molecule has 0 atom stereocenters. The Balaban J connectivity index is 1.16. The first-order valence-electron chi connectivity index (χ1n) is 12.0. The number of rotatable bonds is 19. The number of aliphatic hydroxyl groups excluding tert-OH is 1. The van der Waals surface area contributed by atoms with Crippen molar-refractivity contribution in [2.45, 2.75) is 6.92 Å². The molecule has 0 unspecified atom stereocenters. The molecule has 9 heteroatoms. The van der Waals surface area contributed by atoms with Gasteiger partial charge in [0.1, 0.15) is 5.01 Å². The lowest BCUT2D eigenvalue weighted by Crippen LogP contribution is -2.15. The quantitative estimate of drug-likeness (QED) is 0.239. The first-order chi connectivity index (χ1) is 17.3. The van der Waals surface area contributed by atoms with Crippen LogP contribution in [0.5, 0.6) is 0 Å². The minimum Gasteiger partial charge on any atom is -0.394 e. The van der Waals surface area contributed by atoms with Crippen molar-refractivity contribution in [3.05, 3.63) is 48.0 Å². The molecule has 2 aromatic carbocycles. The lowest BCUT2D eigenvalue weighted by Gasteiger charge is -2.09. The Bertz CT molecular complexity index is 966. The second-order valence-corrected chi connectivity index (χ2v) is 8.81. The number of anilines is 1. The summed E-state index contributed by atoms with van der Waals surface area (Å²) in [5.74, 6) is 0. The second-order valence-electron chi connectivity index (χ2n) is 7.78. The van der Waals surface area contributed by atoms with Gasteiger partial charge in [0.05, 0.1) is 82.9 Å². The van der Waals surface area contributed by atoms with Gasteiger partial charge in [0.15, 0.2) is 0 Å². The van der Waals surface area contributed by atoms with Crippen molar-refractivity contribution in [1.29, 1.82) is 0 Å². The number of hydrogen-bond acceptors (Lipinski definition) is 9. The third-order valence-electron chi connectivity index (χ3n) is 4.97. The van der Waals surface area contributed by atoms with Gasteiger partial charge in [0, 0.05) is 17.8 Å². The molecule has 0 bridgehead atoms. The van der Waals surface area contributed by atoms with E-state index in [2.05, 4.69) is 54.7 Å². The first-order valence-corrected chi connectivity index (χ1v) is 12.8. The molecule has 0 aliphatic heterocycles. The molecule has 0 radical (unpaired) electrons. The summed E-state index contributed by atoms with van der Waals surface area (Å²) in [6, 6.07) is 14.7. The maximum absolute atomic E-state index is 8.58. The summed E-state index contributed by atoms with van der Waals surface area (Å²) in [5, 5.41) is 13.0. The van der Waals surface area contributed by atoms with E-state index in [0.29, 0.717) is 66.1 Å². The number of nitrogens with one attached hydrogen (secondary N) is 1. The Labute approximate surface area is 211 Å². The van der Waals surface area contributed by atoms with Crippen molar-refractivity contribution in [2.24, 2.45) is 0 Å². The molecular formula is C26H36N2O6S. The summed E-state index contributed by atoms with van der Waals surface area (Å²) in [5.41, 5.74) is 4.49. The van der Waals surface area contributed by atoms with Crippen LogP contribution in [0.2, 0.25) is 0 Å². The van der Waals surface area contributed by atoms with E-state index in [1.807, 2.05) is 0 Å². The van der Waals surface area contributed by atoms with Crippen molar-refractivity contribution in [2.75, 3.05) is 84.5 Å². The van der Waals surface area contributed by atoms with E-state index < -0.39 is 0 Å². The number of hydrogen-bond donors (Lipinski definition) is 2. The summed E-state index contributed by atoms with van der Waals surface area (Å²) in [7, 11) is 0. The van der Waals surface area contributed by atoms with Gasteiger partial charge in [0.25, 0.3) is 0 Å². The van der Waals surface area contributed by atoms with Gasteiger partial charge in [-0.1, -0.05) is 6.07 Å². The molecule has 3 aromatic rings. The topological polar surface area (TPSA) is 91.3 Å². The Morgan fingerprint density at radius 3 is 1.91 bits per heavy atom. The molecule has 0 spiro atoms. The molecule has 1 aromatic heterocycles. The van der Waals surface area contributed by atoms with E-state index in [1.54, 1.807) is 11.3 Å². The van der Waals surface area contributed by atoms with Gasteiger partial charge in [-0.3, -0.25) is 0 Å². The van der Waals surface area contributed by atoms with E-state index >= 15 is 0 Å². The van der Waals surface area contributed by atoms with Crippen LogP contribution in [0.3, 0.4) is 0 Å². The van der Waals surface area contributed by atoms with Gasteiger partial charge >= 0.3 is 0 Å². The highest BCUT2D eigenvalue weighted by Crippen LogP contribution is 2.31. The number of aliphatic hydroxyl groups is 1. The number of nitrogens with zero attached hydrogens (tertiary/aromatic N) is 1. The molecule has 0 aliphatic carbocycles. The van der Waals surface area contributed by atoms with Gasteiger partial charge in [0.2, 0.25) is 0 Å². The van der Waals surface area contributed by atoms with E-state index in [9.17, 15) is 0 Å². The van der Waals surface area contributed by atoms with Crippen LogP contribution in [-0.2, 0) is 23.7 Å². The highest BCUT2D eigenvalue weighted by molar-refractivity contribution is 7.21. The highest BCUT2D eigenvalue weighted by Gasteiger charge is 2.06. The lowest BCUT2D eigenvalue weighted by molar-refractivity contribution is -0.0127. The maximum atomic E-state index is 8.58. The molecular weight excluding hydrogens is 468 g/mol. The van der Waals surface area contributed by atoms with Gasteiger partial charge in [-0.05, 0) is 48.9 Å².